The summed E-state index contributed by atoms with van der Waals surface area (Å²) < 4.78 is 14.8. The van der Waals surface area contributed by atoms with E-state index in [1.807, 2.05) is 0 Å². The van der Waals surface area contributed by atoms with Gasteiger partial charge >= 0.3 is 0 Å². The van der Waals surface area contributed by atoms with Crippen LogP contribution in [0.3, 0.4) is 0 Å². The van der Waals surface area contributed by atoms with Gasteiger partial charge in [0.1, 0.15) is 24.4 Å². The minimum Gasteiger partial charge on any atom is -0.387 e. The number of methoxy groups -OCH3 is 2. The first-order valence-corrected chi connectivity index (χ1v) is 4.33. The average Bonchev–Trinajstić information content (AvgIpc) is 2.19. The Labute approximate surface area is 82.0 Å². The lowest BCUT2D eigenvalue weighted by molar-refractivity contribution is -0.295. The van der Waals surface area contributed by atoms with Gasteiger partial charge in [-0.2, -0.15) is 0 Å². The summed E-state index contributed by atoms with van der Waals surface area (Å²) in [6, 6.07) is 0. The first kappa shape index (κ1) is 11.8. The van der Waals surface area contributed by atoms with Crippen molar-refractivity contribution in [3.05, 3.63) is 0 Å². The molecule has 1 fully saturated rings. The minimum absolute atomic E-state index is 0.130. The third kappa shape index (κ3) is 2.22. The Kier molecular flexibility index (Phi) is 4.24. The third-order valence-corrected chi connectivity index (χ3v) is 2.23. The van der Waals surface area contributed by atoms with Crippen LogP contribution in [0.5, 0.6) is 0 Å². The predicted molar refractivity (Wildman–Crippen MR) is 45.6 cm³/mol. The predicted octanol–water partition coefficient (Wildman–Crippen LogP) is -1.91. The molecular weight excluding hydrogens is 192 g/mol. The molecule has 1 heterocycles. The van der Waals surface area contributed by atoms with Gasteiger partial charge in [-0.3, -0.25) is 0 Å². The molecule has 0 saturated carbocycles. The van der Waals surface area contributed by atoms with Crippen LogP contribution >= 0.6 is 0 Å². The second-order valence-corrected chi connectivity index (χ2v) is 3.21. The van der Waals surface area contributed by atoms with Crippen LogP contribution in [0.15, 0.2) is 0 Å². The molecule has 0 aromatic heterocycles. The second-order valence-electron chi connectivity index (χ2n) is 3.21. The Morgan fingerprint density at radius 1 is 1.07 bits per heavy atom. The molecule has 1 aliphatic heterocycles. The van der Waals surface area contributed by atoms with E-state index in [1.165, 1.54) is 14.2 Å². The number of aliphatic hydroxyl groups is 3. The van der Waals surface area contributed by atoms with Crippen molar-refractivity contribution >= 4 is 0 Å². The van der Waals surface area contributed by atoms with Crippen molar-refractivity contribution in [1.82, 2.24) is 0 Å². The molecule has 3 N–H and O–H groups in total. The van der Waals surface area contributed by atoms with Gasteiger partial charge < -0.3 is 29.5 Å². The maximum Gasteiger partial charge on any atom is 0.186 e. The van der Waals surface area contributed by atoms with Gasteiger partial charge in [0.2, 0.25) is 0 Å². The number of hydrogen-bond acceptors (Lipinski definition) is 6. The third-order valence-electron chi connectivity index (χ3n) is 2.23. The van der Waals surface area contributed by atoms with E-state index in [-0.39, 0.29) is 6.61 Å². The Morgan fingerprint density at radius 2 is 1.71 bits per heavy atom. The van der Waals surface area contributed by atoms with Gasteiger partial charge in [0.15, 0.2) is 6.29 Å². The molecule has 6 heteroatoms. The Morgan fingerprint density at radius 3 is 2.21 bits per heavy atom. The van der Waals surface area contributed by atoms with Crippen LogP contribution in [0, 0.1) is 0 Å². The summed E-state index contributed by atoms with van der Waals surface area (Å²) in [5.41, 5.74) is 0. The van der Waals surface area contributed by atoms with E-state index in [9.17, 15) is 15.3 Å². The molecule has 0 aliphatic carbocycles. The van der Waals surface area contributed by atoms with Crippen molar-refractivity contribution in [2.45, 2.75) is 30.7 Å². The van der Waals surface area contributed by atoms with E-state index in [1.54, 1.807) is 0 Å². The number of rotatable bonds is 3. The van der Waals surface area contributed by atoms with Crippen LogP contribution in [0.4, 0.5) is 0 Å². The van der Waals surface area contributed by atoms with Crippen LogP contribution in [-0.4, -0.2) is 66.9 Å². The molecular formula is C8H16O6. The monoisotopic (exact) mass is 208 g/mol. The van der Waals surface area contributed by atoms with Gasteiger partial charge in [-0.05, 0) is 0 Å². The van der Waals surface area contributed by atoms with Crippen molar-refractivity contribution in [2.75, 3.05) is 20.8 Å². The van der Waals surface area contributed by atoms with Crippen LogP contribution in [0.2, 0.25) is 0 Å². The quantitative estimate of drug-likeness (QED) is 0.501. The Hall–Kier alpha value is -0.240. The van der Waals surface area contributed by atoms with Crippen LogP contribution < -0.4 is 0 Å². The summed E-state index contributed by atoms with van der Waals surface area (Å²) in [5, 5.41) is 28.3. The smallest absolute Gasteiger partial charge is 0.186 e. The molecule has 1 rings (SSSR count). The standard InChI is InChI=1S/C8H16O6/c1-12-3-4-5(9)6(10)7(11)8(13-2)14-4/h4-11H,3H2,1-2H3/t4-,5+,6+,7-,8+/m1/s1. The van der Waals surface area contributed by atoms with E-state index < -0.39 is 30.7 Å². The lowest BCUT2D eigenvalue weighted by Crippen LogP contribution is -2.59. The molecule has 1 saturated heterocycles. The van der Waals surface area contributed by atoms with Gasteiger partial charge in [0.25, 0.3) is 0 Å². The molecule has 0 bridgehead atoms. The van der Waals surface area contributed by atoms with E-state index in [2.05, 4.69) is 0 Å². The van der Waals surface area contributed by atoms with Crippen molar-refractivity contribution in [3.8, 4) is 0 Å². The molecule has 1 aliphatic rings. The molecule has 0 radical (unpaired) electrons. The van der Waals surface area contributed by atoms with Crippen LogP contribution in [0.25, 0.3) is 0 Å². The molecule has 0 amide bonds. The van der Waals surface area contributed by atoms with Gasteiger partial charge in [0, 0.05) is 14.2 Å². The highest BCUT2D eigenvalue weighted by atomic mass is 16.7. The van der Waals surface area contributed by atoms with E-state index in [0.29, 0.717) is 0 Å². The lowest BCUT2D eigenvalue weighted by atomic mass is 9.99. The highest BCUT2D eigenvalue weighted by Crippen LogP contribution is 2.21. The SMILES string of the molecule is COC[C@H]1O[C@H](OC)[C@H](O)[C@@H](O)[C@H]1O. The topological polar surface area (TPSA) is 88.4 Å². The van der Waals surface area contributed by atoms with Gasteiger partial charge in [-0.15, -0.1) is 0 Å². The van der Waals surface area contributed by atoms with E-state index in [0.717, 1.165) is 0 Å². The molecule has 0 unspecified atom stereocenters. The van der Waals surface area contributed by atoms with Gasteiger partial charge in [0.05, 0.1) is 6.61 Å². The lowest BCUT2D eigenvalue weighted by Gasteiger charge is -2.39. The summed E-state index contributed by atoms with van der Waals surface area (Å²) in [5.74, 6) is 0. The molecule has 5 atom stereocenters. The zero-order chi connectivity index (χ0) is 10.7. The first-order chi connectivity index (χ1) is 6.61. The fourth-order valence-corrected chi connectivity index (χ4v) is 1.41. The van der Waals surface area contributed by atoms with Crippen molar-refractivity contribution in [3.63, 3.8) is 0 Å². The molecule has 14 heavy (non-hydrogen) atoms. The van der Waals surface area contributed by atoms with Gasteiger partial charge in [-0.25, -0.2) is 0 Å². The van der Waals surface area contributed by atoms with E-state index in [4.69, 9.17) is 14.2 Å². The molecule has 84 valence electrons. The van der Waals surface area contributed by atoms with Crippen molar-refractivity contribution < 1.29 is 29.5 Å². The number of aliphatic hydroxyl groups excluding tert-OH is 3. The normalized spacial score (nSPS) is 43.9. The summed E-state index contributed by atoms with van der Waals surface area (Å²) in [7, 11) is 2.80. The Bertz CT molecular complexity index is 171. The fourth-order valence-electron chi connectivity index (χ4n) is 1.41. The minimum atomic E-state index is -1.28. The molecule has 0 spiro atoms. The maximum absolute atomic E-state index is 9.48. The maximum atomic E-state index is 9.48. The van der Waals surface area contributed by atoms with Gasteiger partial charge in [-0.1, -0.05) is 0 Å². The molecule has 0 aromatic carbocycles. The zero-order valence-corrected chi connectivity index (χ0v) is 8.16. The number of ether oxygens (including phenoxy) is 3. The zero-order valence-electron chi connectivity index (χ0n) is 8.16. The van der Waals surface area contributed by atoms with E-state index >= 15 is 0 Å². The van der Waals surface area contributed by atoms with Crippen molar-refractivity contribution in [1.29, 1.82) is 0 Å². The number of hydrogen-bond donors (Lipinski definition) is 3. The summed E-state index contributed by atoms with van der Waals surface area (Å²) >= 11 is 0. The average molecular weight is 208 g/mol. The highest BCUT2D eigenvalue weighted by Gasteiger charge is 2.43. The fraction of sp³-hybridized carbons (Fsp3) is 1.00. The largest absolute Gasteiger partial charge is 0.387 e. The summed E-state index contributed by atoms with van der Waals surface area (Å²) in [6.07, 6.45) is -5.33. The van der Waals surface area contributed by atoms with Crippen molar-refractivity contribution in [2.24, 2.45) is 0 Å². The summed E-state index contributed by atoms with van der Waals surface area (Å²) in [6.45, 7) is 0.130. The molecule has 6 nitrogen and oxygen atoms in total. The van der Waals surface area contributed by atoms with Crippen LogP contribution in [-0.2, 0) is 14.2 Å². The van der Waals surface area contributed by atoms with Crippen LogP contribution in [0.1, 0.15) is 0 Å². The summed E-state index contributed by atoms with van der Waals surface area (Å²) in [4.78, 5) is 0. The second kappa shape index (κ2) is 5.01. The Balaban J connectivity index is 2.63. The first-order valence-electron chi connectivity index (χ1n) is 4.33. The molecule has 0 aromatic rings. The highest BCUT2D eigenvalue weighted by molar-refractivity contribution is 4.88.